The Kier molecular flexibility index (Phi) is 8.46. The first kappa shape index (κ1) is 18.9. The van der Waals surface area contributed by atoms with E-state index in [2.05, 4.69) is 19.2 Å². The minimum Gasteiger partial charge on any atom is -0.461 e. The van der Waals surface area contributed by atoms with Crippen molar-refractivity contribution < 1.29 is 19.1 Å². The van der Waals surface area contributed by atoms with Crippen LogP contribution in [-0.2, 0) is 19.1 Å². The SMILES string of the molecule is CCCOC(CC)C(C)C(C)OC(=O)C(C)(C)NC=O. The Morgan fingerprint density at radius 2 is 1.90 bits per heavy atom. The zero-order chi connectivity index (χ0) is 15.8. The molecule has 0 fully saturated rings. The molecule has 20 heavy (non-hydrogen) atoms. The number of hydrogen-bond donors (Lipinski definition) is 1. The molecule has 0 aliphatic rings. The average molecular weight is 287 g/mol. The minimum atomic E-state index is -1.01. The summed E-state index contributed by atoms with van der Waals surface area (Å²) in [6, 6.07) is 0. The fourth-order valence-corrected chi connectivity index (χ4v) is 1.84. The highest BCUT2D eigenvalue weighted by Crippen LogP contribution is 2.20. The van der Waals surface area contributed by atoms with Crippen LogP contribution in [0.3, 0.4) is 0 Å². The van der Waals surface area contributed by atoms with Crippen LogP contribution in [0.15, 0.2) is 0 Å². The van der Waals surface area contributed by atoms with Crippen molar-refractivity contribution in [2.75, 3.05) is 6.61 Å². The fraction of sp³-hybridized carbons (Fsp3) is 0.867. The van der Waals surface area contributed by atoms with Gasteiger partial charge in [-0.25, -0.2) is 4.79 Å². The Labute approximate surface area is 122 Å². The third-order valence-corrected chi connectivity index (χ3v) is 3.49. The lowest BCUT2D eigenvalue weighted by Crippen LogP contribution is -2.49. The summed E-state index contributed by atoms with van der Waals surface area (Å²) < 4.78 is 11.2. The second-order valence-electron chi connectivity index (χ2n) is 5.67. The summed E-state index contributed by atoms with van der Waals surface area (Å²) in [5, 5.41) is 2.46. The number of nitrogens with one attached hydrogen (secondary N) is 1. The van der Waals surface area contributed by atoms with E-state index in [0.29, 0.717) is 13.0 Å². The molecular formula is C15H29NO4. The molecule has 0 aliphatic heterocycles. The van der Waals surface area contributed by atoms with Crippen LogP contribution in [0.2, 0.25) is 0 Å². The predicted octanol–water partition coefficient (Wildman–Crippen LogP) is 2.28. The smallest absolute Gasteiger partial charge is 0.331 e. The summed E-state index contributed by atoms with van der Waals surface area (Å²) >= 11 is 0. The van der Waals surface area contributed by atoms with Crippen LogP contribution in [0.1, 0.15) is 54.4 Å². The molecule has 5 nitrogen and oxygen atoms in total. The molecule has 1 amide bonds. The van der Waals surface area contributed by atoms with E-state index in [-0.39, 0.29) is 18.1 Å². The minimum absolute atomic E-state index is 0.0693. The van der Waals surface area contributed by atoms with Gasteiger partial charge in [0.05, 0.1) is 6.10 Å². The van der Waals surface area contributed by atoms with E-state index in [1.54, 1.807) is 13.8 Å². The summed E-state index contributed by atoms with van der Waals surface area (Å²) in [6.07, 6.45) is 2.15. The predicted molar refractivity (Wildman–Crippen MR) is 78.3 cm³/mol. The normalized spacial score (nSPS) is 16.1. The van der Waals surface area contributed by atoms with Crippen LogP contribution in [0, 0.1) is 5.92 Å². The Morgan fingerprint density at radius 3 is 2.35 bits per heavy atom. The number of rotatable bonds is 10. The molecule has 0 radical (unpaired) electrons. The summed E-state index contributed by atoms with van der Waals surface area (Å²) in [5.74, 6) is -0.336. The van der Waals surface area contributed by atoms with E-state index in [1.165, 1.54) is 0 Å². The maximum atomic E-state index is 12.0. The van der Waals surface area contributed by atoms with E-state index in [0.717, 1.165) is 12.8 Å². The van der Waals surface area contributed by atoms with Gasteiger partial charge in [-0.05, 0) is 33.6 Å². The molecule has 5 heteroatoms. The van der Waals surface area contributed by atoms with Crippen LogP contribution < -0.4 is 5.32 Å². The molecule has 0 saturated heterocycles. The second kappa shape index (κ2) is 8.95. The molecule has 0 saturated carbocycles. The number of ether oxygens (including phenoxy) is 2. The first-order chi connectivity index (χ1) is 9.30. The number of carbonyl (C=O) groups excluding carboxylic acids is 2. The lowest BCUT2D eigenvalue weighted by Gasteiger charge is -2.30. The first-order valence-electron chi connectivity index (χ1n) is 7.34. The van der Waals surface area contributed by atoms with Gasteiger partial charge in [0.25, 0.3) is 0 Å². The first-order valence-corrected chi connectivity index (χ1v) is 7.34. The van der Waals surface area contributed by atoms with Crippen LogP contribution >= 0.6 is 0 Å². The van der Waals surface area contributed by atoms with Crippen molar-refractivity contribution in [3.8, 4) is 0 Å². The van der Waals surface area contributed by atoms with Gasteiger partial charge in [-0.1, -0.05) is 20.8 Å². The van der Waals surface area contributed by atoms with Crippen LogP contribution in [0.25, 0.3) is 0 Å². The summed E-state index contributed by atoms with van der Waals surface area (Å²) in [5.41, 5.74) is -1.01. The molecule has 3 unspecified atom stereocenters. The third-order valence-electron chi connectivity index (χ3n) is 3.49. The molecule has 0 spiro atoms. The van der Waals surface area contributed by atoms with Gasteiger partial charge in [0.2, 0.25) is 6.41 Å². The van der Waals surface area contributed by atoms with Crippen molar-refractivity contribution in [1.29, 1.82) is 0 Å². The van der Waals surface area contributed by atoms with Crippen molar-refractivity contribution in [2.45, 2.75) is 72.1 Å². The highest BCUT2D eigenvalue weighted by atomic mass is 16.5. The highest BCUT2D eigenvalue weighted by Gasteiger charge is 2.32. The van der Waals surface area contributed by atoms with Crippen LogP contribution in [-0.4, -0.2) is 36.7 Å². The lowest BCUT2D eigenvalue weighted by atomic mass is 9.96. The molecule has 3 atom stereocenters. The van der Waals surface area contributed by atoms with Crippen molar-refractivity contribution in [2.24, 2.45) is 5.92 Å². The second-order valence-corrected chi connectivity index (χ2v) is 5.67. The van der Waals surface area contributed by atoms with E-state index in [4.69, 9.17) is 9.47 Å². The van der Waals surface area contributed by atoms with Gasteiger partial charge in [0, 0.05) is 12.5 Å². The molecule has 0 bridgehead atoms. The summed E-state index contributed by atoms with van der Waals surface area (Å²) in [4.78, 5) is 22.5. The monoisotopic (exact) mass is 287 g/mol. The maximum Gasteiger partial charge on any atom is 0.331 e. The molecule has 0 heterocycles. The van der Waals surface area contributed by atoms with Crippen molar-refractivity contribution in [3.63, 3.8) is 0 Å². The fourth-order valence-electron chi connectivity index (χ4n) is 1.84. The standard InChI is InChI=1S/C15H29NO4/c1-7-9-19-13(8-2)11(3)12(4)20-14(18)15(5,6)16-10-17/h10-13H,7-9H2,1-6H3,(H,16,17). The van der Waals surface area contributed by atoms with Crippen LogP contribution in [0.4, 0.5) is 0 Å². The van der Waals surface area contributed by atoms with Crippen molar-refractivity contribution in [3.05, 3.63) is 0 Å². The Bertz CT molecular complexity index is 304. The van der Waals surface area contributed by atoms with E-state index >= 15 is 0 Å². The van der Waals surface area contributed by atoms with Gasteiger partial charge in [-0.2, -0.15) is 0 Å². The number of carbonyl (C=O) groups is 2. The van der Waals surface area contributed by atoms with Gasteiger partial charge >= 0.3 is 5.97 Å². The quantitative estimate of drug-likeness (QED) is 0.494. The number of amides is 1. The van der Waals surface area contributed by atoms with Gasteiger partial charge in [0.1, 0.15) is 11.6 Å². The van der Waals surface area contributed by atoms with Crippen LogP contribution in [0.5, 0.6) is 0 Å². The number of esters is 1. The van der Waals surface area contributed by atoms with Crippen molar-refractivity contribution in [1.82, 2.24) is 5.32 Å². The molecule has 0 aromatic heterocycles. The zero-order valence-electron chi connectivity index (χ0n) is 13.6. The third kappa shape index (κ3) is 5.90. The Hall–Kier alpha value is -1.10. The van der Waals surface area contributed by atoms with Gasteiger partial charge < -0.3 is 14.8 Å². The topological polar surface area (TPSA) is 64.6 Å². The highest BCUT2D eigenvalue weighted by molar-refractivity contribution is 5.82. The molecule has 0 aliphatic carbocycles. The largest absolute Gasteiger partial charge is 0.461 e. The molecular weight excluding hydrogens is 258 g/mol. The molecule has 0 rings (SSSR count). The van der Waals surface area contributed by atoms with Gasteiger partial charge in [-0.3, -0.25) is 4.79 Å². The molecule has 1 N–H and O–H groups in total. The van der Waals surface area contributed by atoms with E-state index in [9.17, 15) is 9.59 Å². The maximum absolute atomic E-state index is 12.0. The zero-order valence-corrected chi connectivity index (χ0v) is 13.6. The number of hydrogen-bond acceptors (Lipinski definition) is 4. The Morgan fingerprint density at radius 1 is 1.30 bits per heavy atom. The van der Waals surface area contributed by atoms with E-state index < -0.39 is 11.5 Å². The van der Waals surface area contributed by atoms with E-state index in [1.807, 2.05) is 13.8 Å². The summed E-state index contributed by atoms with van der Waals surface area (Å²) in [6.45, 7) is 11.9. The van der Waals surface area contributed by atoms with Gasteiger partial charge in [-0.15, -0.1) is 0 Å². The molecule has 118 valence electrons. The van der Waals surface area contributed by atoms with Gasteiger partial charge in [0.15, 0.2) is 0 Å². The Balaban J connectivity index is 4.53. The van der Waals surface area contributed by atoms with Crippen molar-refractivity contribution >= 4 is 12.4 Å². The molecule has 0 aromatic carbocycles. The lowest BCUT2D eigenvalue weighted by molar-refractivity contribution is -0.161. The molecule has 0 aromatic rings. The average Bonchev–Trinajstić information content (AvgIpc) is 2.39. The summed E-state index contributed by atoms with van der Waals surface area (Å²) in [7, 11) is 0.